The van der Waals surface area contributed by atoms with Crippen molar-refractivity contribution < 1.29 is 14.2 Å². The van der Waals surface area contributed by atoms with Crippen LogP contribution in [0.3, 0.4) is 0 Å². The van der Waals surface area contributed by atoms with Crippen LogP contribution in [0.25, 0.3) is 21.9 Å². The molecule has 118 valence electrons. The van der Waals surface area contributed by atoms with Crippen LogP contribution in [0.1, 0.15) is 0 Å². The maximum atomic E-state index is 5.32. The van der Waals surface area contributed by atoms with Crippen LogP contribution < -0.4 is 14.2 Å². The first-order valence-corrected chi connectivity index (χ1v) is 7.55. The monoisotopic (exact) mass is 331 g/mol. The Kier molecular flexibility index (Phi) is 3.08. The predicted molar refractivity (Wildman–Crippen MR) is 84.7 cm³/mol. The zero-order valence-electron chi connectivity index (χ0n) is 12.7. The zero-order valence-corrected chi connectivity index (χ0v) is 13.5. The second-order valence-corrected chi connectivity index (χ2v) is 5.64. The Morgan fingerprint density at radius 2 is 1.83 bits per heavy atom. The lowest BCUT2D eigenvalue weighted by atomic mass is 10.3. The summed E-state index contributed by atoms with van der Waals surface area (Å²) in [7, 11) is 4.78. The number of hydrogen-bond donors (Lipinski definition) is 0. The largest absolute Gasteiger partial charge is 0.493 e. The number of nitrogens with zero attached hydrogens (tertiary/aromatic N) is 5. The molecule has 9 heteroatoms. The van der Waals surface area contributed by atoms with Crippen LogP contribution in [0.5, 0.6) is 16.7 Å². The molecule has 0 fully saturated rings. The number of rotatable bonds is 4. The minimum Gasteiger partial charge on any atom is -0.493 e. The molecule has 4 aromatic heterocycles. The van der Waals surface area contributed by atoms with E-state index in [0.29, 0.717) is 16.7 Å². The molecule has 0 saturated heterocycles. The fraction of sp³-hybridized carbons (Fsp3) is 0.214. The van der Waals surface area contributed by atoms with Gasteiger partial charge in [-0.2, -0.15) is 9.61 Å². The fourth-order valence-corrected chi connectivity index (χ4v) is 3.06. The number of hydrogen-bond acceptors (Lipinski definition) is 7. The van der Waals surface area contributed by atoms with Gasteiger partial charge >= 0.3 is 0 Å². The molecule has 0 unspecified atom stereocenters. The van der Waals surface area contributed by atoms with E-state index < -0.39 is 0 Å². The van der Waals surface area contributed by atoms with Crippen molar-refractivity contribution in [3.63, 3.8) is 0 Å². The smallest absolute Gasteiger partial charge is 0.294 e. The molecular formula is C14H13N5O3S. The van der Waals surface area contributed by atoms with Gasteiger partial charge in [0, 0.05) is 6.07 Å². The highest BCUT2D eigenvalue weighted by molar-refractivity contribution is 7.18. The lowest BCUT2D eigenvalue weighted by Crippen LogP contribution is -1.95. The van der Waals surface area contributed by atoms with Crippen LogP contribution in [0.4, 0.5) is 0 Å². The molecule has 0 saturated carbocycles. The van der Waals surface area contributed by atoms with Crippen LogP contribution in [0.15, 0.2) is 24.5 Å². The number of ether oxygens (including phenoxy) is 3. The van der Waals surface area contributed by atoms with Gasteiger partial charge < -0.3 is 14.2 Å². The van der Waals surface area contributed by atoms with Gasteiger partial charge in [-0.3, -0.25) is 0 Å². The molecule has 0 aliphatic carbocycles. The third kappa shape index (κ3) is 2.08. The lowest BCUT2D eigenvalue weighted by molar-refractivity contribution is 0.353. The summed E-state index contributed by atoms with van der Waals surface area (Å²) in [5.41, 5.74) is 2.43. The molecule has 0 aromatic carbocycles. The van der Waals surface area contributed by atoms with E-state index in [4.69, 9.17) is 14.2 Å². The minimum absolute atomic E-state index is 0.557. The topological polar surface area (TPSA) is 75.2 Å². The van der Waals surface area contributed by atoms with Gasteiger partial charge in [-0.25, -0.2) is 9.50 Å². The Balaban J connectivity index is 1.88. The average molecular weight is 331 g/mol. The van der Waals surface area contributed by atoms with E-state index >= 15 is 0 Å². The molecular weight excluding hydrogens is 318 g/mol. The van der Waals surface area contributed by atoms with E-state index in [1.807, 2.05) is 12.1 Å². The molecule has 4 rings (SSSR count). The van der Waals surface area contributed by atoms with Crippen molar-refractivity contribution in [3.05, 3.63) is 24.5 Å². The summed E-state index contributed by atoms with van der Waals surface area (Å²) >= 11 is 1.38. The Morgan fingerprint density at radius 1 is 1.00 bits per heavy atom. The van der Waals surface area contributed by atoms with Gasteiger partial charge in [0.05, 0.1) is 39.2 Å². The van der Waals surface area contributed by atoms with Gasteiger partial charge in [-0.1, -0.05) is 0 Å². The molecule has 0 amide bonds. The SMILES string of the molecule is COc1nn2c(-c3cc4cc(OC)c(OC)cn4n3)cnc2s1. The van der Waals surface area contributed by atoms with Crippen LogP contribution in [-0.4, -0.2) is 45.5 Å². The molecule has 23 heavy (non-hydrogen) atoms. The van der Waals surface area contributed by atoms with Crippen molar-refractivity contribution in [2.45, 2.75) is 0 Å². The first-order valence-electron chi connectivity index (χ1n) is 6.74. The molecule has 0 N–H and O–H groups in total. The summed E-state index contributed by atoms with van der Waals surface area (Å²) in [5.74, 6) is 1.27. The number of methoxy groups -OCH3 is 3. The molecule has 0 aliphatic rings. The third-order valence-corrected chi connectivity index (χ3v) is 4.35. The van der Waals surface area contributed by atoms with Crippen molar-refractivity contribution in [1.29, 1.82) is 0 Å². The summed E-state index contributed by atoms with van der Waals surface area (Å²) < 4.78 is 19.2. The Labute approximate surface area is 134 Å². The summed E-state index contributed by atoms with van der Waals surface area (Å²) in [6.07, 6.45) is 3.52. The van der Waals surface area contributed by atoms with Gasteiger partial charge in [0.25, 0.3) is 5.19 Å². The number of pyridine rings is 1. The second kappa shape index (κ2) is 5.13. The molecule has 0 aliphatic heterocycles. The third-order valence-electron chi connectivity index (χ3n) is 3.47. The number of fused-ring (bicyclic) bond motifs is 2. The van der Waals surface area contributed by atoms with E-state index in [-0.39, 0.29) is 0 Å². The van der Waals surface area contributed by atoms with Gasteiger partial charge in [0.15, 0.2) is 11.5 Å². The van der Waals surface area contributed by atoms with Crippen LogP contribution in [0, 0.1) is 0 Å². The van der Waals surface area contributed by atoms with Crippen LogP contribution >= 0.6 is 11.3 Å². The van der Waals surface area contributed by atoms with E-state index in [9.17, 15) is 0 Å². The molecule has 0 atom stereocenters. The zero-order chi connectivity index (χ0) is 16.0. The van der Waals surface area contributed by atoms with Crippen LogP contribution in [0.2, 0.25) is 0 Å². The van der Waals surface area contributed by atoms with Crippen molar-refractivity contribution in [2.24, 2.45) is 0 Å². The fourth-order valence-electron chi connectivity index (χ4n) is 2.37. The first kappa shape index (κ1) is 13.8. The highest BCUT2D eigenvalue weighted by atomic mass is 32.1. The lowest BCUT2D eigenvalue weighted by Gasteiger charge is -2.06. The average Bonchev–Trinajstić information content (AvgIpc) is 3.25. The summed E-state index contributed by atoms with van der Waals surface area (Å²) in [5, 5.41) is 9.48. The summed E-state index contributed by atoms with van der Waals surface area (Å²) in [6, 6.07) is 3.81. The van der Waals surface area contributed by atoms with Gasteiger partial charge in [0.2, 0.25) is 4.96 Å². The summed E-state index contributed by atoms with van der Waals surface area (Å²) in [4.78, 5) is 5.10. The number of imidazole rings is 1. The first-order chi connectivity index (χ1) is 11.2. The quantitative estimate of drug-likeness (QED) is 0.570. The standard InChI is InChI=1S/C14H13N5O3S/c1-20-11-5-8-4-9(16-18(8)7-12(11)21-2)10-6-15-13-19(10)17-14(22-3)23-13/h4-7H,1-3H3. The Bertz CT molecular complexity index is 962. The minimum atomic E-state index is 0.557. The molecule has 0 spiro atoms. The molecule has 4 aromatic rings. The molecule has 0 bridgehead atoms. The van der Waals surface area contributed by atoms with E-state index in [1.54, 1.807) is 42.8 Å². The van der Waals surface area contributed by atoms with E-state index in [2.05, 4.69) is 15.2 Å². The number of aromatic nitrogens is 5. The highest BCUT2D eigenvalue weighted by Gasteiger charge is 2.16. The molecule has 8 nitrogen and oxygen atoms in total. The van der Waals surface area contributed by atoms with E-state index in [1.165, 1.54) is 11.3 Å². The van der Waals surface area contributed by atoms with Crippen molar-refractivity contribution in [3.8, 4) is 28.1 Å². The van der Waals surface area contributed by atoms with Gasteiger partial charge in [0.1, 0.15) is 11.4 Å². The molecule has 4 heterocycles. The second-order valence-electron chi connectivity index (χ2n) is 4.72. The summed E-state index contributed by atoms with van der Waals surface area (Å²) in [6.45, 7) is 0. The van der Waals surface area contributed by atoms with Gasteiger partial charge in [-0.05, 0) is 17.4 Å². The predicted octanol–water partition coefficient (Wildman–Crippen LogP) is 2.13. The van der Waals surface area contributed by atoms with Crippen molar-refractivity contribution >= 4 is 21.8 Å². The normalized spacial score (nSPS) is 11.3. The Morgan fingerprint density at radius 3 is 2.57 bits per heavy atom. The maximum absolute atomic E-state index is 5.32. The maximum Gasteiger partial charge on any atom is 0.294 e. The Hall–Kier alpha value is -2.81. The van der Waals surface area contributed by atoms with E-state index in [0.717, 1.165) is 21.9 Å². The van der Waals surface area contributed by atoms with Crippen molar-refractivity contribution in [1.82, 2.24) is 24.2 Å². The van der Waals surface area contributed by atoms with Crippen LogP contribution in [-0.2, 0) is 0 Å². The van der Waals surface area contributed by atoms with Gasteiger partial charge in [-0.15, -0.1) is 5.10 Å². The van der Waals surface area contributed by atoms with Crippen molar-refractivity contribution in [2.75, 3.05) is 21.3 Å². The molecule has 0 radical (unpaired) electrons. The highest BCUT2D eigenvalue weighted by Crippen LogP contribution is 2.31.